The highest BCUT2D eigenvalue weighted by molar-refractivity contribution is 6.22. The molecule has 2 aliphatic heterocycles. The number of carbonyl (C=O) groups is 4. The minimum Gasteiger partial charge on any atom is -0.481 e. The molecule has 0 atom stereocenters. The minimum atomic E-state index is -0.251. The molecule has 0 fully saturated rings. The number of fused-ring (bicyclic) bond motifs is 2. The van der Waals surface area contributed by atoms with Gasteiger partial charge < -0.3 is 4.74 Å². The summed E-state index contributed by atoms with van der Waals surface area (Å²) in [5.74, 6) is -0.803. The molecule has 2 heterocycles. The Morgan fingerprint density at radius 2 is 1.20 bits per heavy atom. The van der Waals surface area contributed by atoms with Crippen LogP contribution in [0, 0.1) is 16.7 Å². The van der Waals surface area contributed by atoms with E-state index in [-0.39, 0.29) is 29.5 Å². The predicted octanol–water partition coefficient (Wildman–Crippen LogP) is 3.66. The monoisotopic (exact) mass is 474 g/mol. The number of nitrogens with one attached hydrogen (secondary N) is 1. The fourth-order valence-electron chi connectivity index (χ4n) is 3.84. The molecule has 0 spiro atoms. The quantitative estimate of drug-likeness (QED) is 0.269. The minimum absolute atomic E-state index is 0.194. The van der Waals surface area contributed by atoms with Gasteiger partial charge in [0.2, 0.25) is 0 Å². The fraction of sp³-hybridized carbons (Fsp3) is 0.308. The summed E-state index contributed by atoms with van der Waals surface area (Å²) in [6.45, 7) is 2.92. The number of ether oxygens (including phenoxy) is 1. The van der Waals surface area contributed by atoms with Crippen molar-refractivity contribution >= 4 is 29.5 Å². The topological polar surface area (TPSA) is 132 Å². The maximum atomic E-state index is 12.0. The number of rotatable bonds is 8. The molecule has 1 N–H and O–H groups in total. The van der Waals surface area contributed by atoms with Crippen LogP contribution in [-0.4, -0.2) is 59.0 Å². The van der Waals surface area contributed by atoms with Crippen molar-refractivity contribution in [3.8, 4) is 6.07 Å². The zero-order chi connectivity index (χ0) is 25.4. The molecule has 0 bridgehead atoms. The van der Waals surface area contributed by atoms with Crippen molar-refractivity contribution in [2.75, 3.05) is 19.7 Å². The number of nitriles is 1. The van der Waals surface area contributed by atoms with Crippen molar-refractivity contribution in [2.45, 2.75) is 32.6 Å². The van der Waals surface area contributed by atoms with Gasteiger partial charge in [-0.2, -0.15) is 5.26 Å². The molecule has 4 rings (SSSR count). The Balaban J connectivity index is 0.000000198. The summed E-state index contributed by atoms with van der Waals surface area (Å²) < 4.78 is 5.02. The molecule has 2 aromatic carbocycles. The Hall–Kier alpha value is -4.32. The van der Waals surface area contributed by atoms with Crippen molar-refractivity contribution < 1.29 is 23.9 Å². The Bertz CT molecular complexity index is 1130. The third-order valence-electron chi connectivity index (χ3n) is 5.53. The van der Waals surface area contributed by atoms with E-state index in [0.717, 1.165) is 0 Å². The molecule has 9 heteroatoms. The Labute approximate surface area is 203 Å². The van der Waals surface area contributed by atoms with Crippen LogP contribution in [0.25, 0.3) is 0 Å². The van der Waals surface area contributed by atoms with Crippen LogP contribution in [0.2, 0.25) is 0 Å². The summed E-state index contributed by atoms with van der Waals surface area (Å²) in [4.78, 5) is 50.2. The number of unbranched alkanes of at least 4 members (excludes halogenated alkanes) is 1. The number of carbonyl (C=O) groups excluding carboxylic acids is 4. The SMILES string of the molecule is CCOC(=N)CCCN1C(=O)c2ccccc2C1=O.N#CCCCN1C(=O)c2ccccc2C1=O. The van der Waals surface area contributed by atoms with Crippen LogP contribution < -0.4 is 0 Å². The van der Waals surface area contributed by atoms with E-state index in [1.807, 2.05) is 13.0 Å². The van der Waals surface area contributed by atoms with Crippen molar-refractivity contribution in [1.29, 1.82) is 10.7 Å². The summed E-state index contributed by atoms with van der Waals surface area (Å²) in [5, 5.41) is 15.9. The van der Waals surface area contributed by atoms with E-state index in [1.165, 1.54) is 9.80 Å². The van der Waals surface area contributed by atoms with E-state index in [1.54, 1.807) is 48.5 Å². The van der Waals surface area contributed by atoms with Gasteiger partial charge in [0, 0.05) is 25.9 Å². The van der Waals surface area contributed by atoms with Crippen molar-refractivity contribution in [1.82, 2.24) is 9.80 Å². The van der Waals surface area contributed by atoms with E-state index in [9.17, 15) is 19.2 Å². The first-order valence-electron chi connectivity index (χ1n) is 11.4. The van der Waals surface area contributed by atoms with Crippen LogP contribution in [0.5, 0.6) is 0 Å². The normalized spacial score (nSPS) is 13.7. The van der Waals surface area contributed by atoms with Gasteiger partial charge in [-0.25, -0.2) is 0 Å². The number of hydrogen-bond donors (Lipinski definition) is 1. The molecule has 0 radical (unpaired) electrons. The van der Waals surface area contributed by atoms with E-state index in [4.69, 9.17) is 15.4 Å². The number of hydrogen-bond acceptors (Lipinski definition) is 7. The highest BCUT2D eigenvalue weighted by atomic mass is 16.5. The Morgan fingerprint density at radius 1 is 0.800 bits per heavy atom. The molecule has 0 saturated heterocycles. The smallest absolute Gasteiger partial charge is 0.261 e. The second-order valence-electron chi connectivity index (χ2n) is 7.84. The molecule has 180 valence electrons. The van der Waals surface area contributed by atoms with E-state index in [2.05, 4.69) is 0 Å². The van der Waals surface area contributed by atoms with Gasteiger partial charge in [-0.3, -0.25) is 34.4 Å². The number of amides is 4. The van der Waals surface area contributed by atoms with Crippen LogP contribution in [0.1, 0.15) is 74.0 Å². The van der Waals surface area contributed by atoms with E-state index >= 15 is 0 Å². The lowest BCUT2D eigenvalue weighted by atomic mass is 10.1. The lowest BCUT2D eigenvalue weighted by molar-refractivity contribution is 0.0637. The van der Waals surface area contributed by atoms with Crippen LogP contribution >= 0.6 is 0 Å². The first kappa shape index (κ1) is 25.3. The Morgan fingerprint density at radius 3 is 1.57 bits per heavy atom. The molecule has 9 nitrogen and oxygen atoms in total. The standard InChI is InChI=1S/C14H16N2O3.C12H10N2O2/c1-2-19-12(15)8-5-9-16-13(17)10-6-3-4-7-11(10)14(16)18;13-7-3-4-8-14-11(15)9-5-1-2-6-10(9)12(14)16/h3-4,6-7,15H,2,5,8-9H2,1H3;1-2,5-6H,3-4,8H2. The summed E-state index contributed by atoms with van der Waals surface area (Å²) in [7, 11) is 0. The van der Waals surface area contributed by atoms with Crippen LogP contribution in [0.3, 0.4) is 0 Å². The number of benzene rings is 2. The van der Waals surface area contributed by atoms with Gasteiger partial charge in [0.05, 0.1) is 34.9 Å². The molecule has 2 aromatic rings. The molecule has 0 saturated carbocycles. The van der Waals surface area contributed by atoms with E-state index in [0.29, 0.717) is 67.6 Å². The van der Waals surface area contributed by atoms with Crippen molar-refractivity contribution in [2.24, 2.45) is 0 Å². The van der Waals surface area contributed by atoms with Crippen molar-refractivity contribution in [3.63, 3.8) is 0 Å². The van der Waals surface area contributed by atoms with Gasteiger partial charge in [0.25, 0.3) is 23.6 Å². The Kier molecular flexibility index (Phi) is 8.46. The van der Waals surface area contributed by atoms with Gasteiger partial charge in [-0.1, -0.05) is 24.3 Å². The van der Waals surface area contributed by atoms with Crippen LogP contribution in [0.4, 0.5) is 0 Å². The first-order valence-corrected chi connectivity index (χ1v) is 11.4. The molecular weight excluding hydrogens is 448 g/mol. The molecule has 0 aliphatic carbocycles. The lowest BCUT2D eigenvalue weighted by Crippen LogP contribution is -2.31. The van der Waals surface area contributed by atoms with Gasteiger partial charge in [-0.05, 0) is 44.0 Å². The third-order valence-corrected chi connectivity index (χ3v) is 5.53. The maximum Gasteiger partial charge on any atom is 0.261 e. The second-order valence-corrected chi connectivity index (χ2v) is 7.84. The molecule has 0 aromatic heterocycles. The molecule has 0 unspecified atom stereocenters. The molecule has 4 amide bonds. The van der Waals surface area contributed by atoms with Gasteiger partial charge in [-0.15, -0.1) is 0 Å². The zero-order valence-electron chi connectivity index (χ0n) is 19.5. The second kappa shape index (κ2) is 11.7. The number of imide groups is 2. The predicted molar refractivity (Wildman–Crippen MR) is 127 cm³/mol. The maximum absolute atomic E-state index is 12.0. The molecule has 35 heavy (non-hydrogen) atoms. The largest absolute Gasteiger partial charge is 0.481 e. The van der Waals surface area contributed by atoms with Crippen LogP contribution in [-0.2, 0) is 4.74 Å². The van der Waals surface area contributed by atoms with Gasteiger partial charge in [0.1, 0.15) is 0 Å². The summed E-state index contributed by atoms with van der Waals surface area (Å²) in [5.41, 5.74) is 1.86. The average molecular weight is 475 g/mol. The summed E-state index contributed by atoms with van der Waals surface area (Å²) in [6, 6.07) is 15.6. The van der Waals surface area contributed by atoms with E-state index < -0.39 is 0 Å². The first-order chi connectivity index (χ1) is 16.9. The zero-order valence-corrected chi connectivity index (χ0v) is 19.5. The highest BCUT2D eigenvalue weighted by Gasteiger charge is 2.35. The average Bonchev–Trinajstić information content (AvgIpc) is 3.25. The highest BCUT2D eigenvalue weighted by Crippen LogP contribution is 2.23. The summed E-state index contributed by atoms with van der Waals surface area (Å²) in [6.07, 6.45) is 1.86. The van der Waals surface area contributed by atoms with Crippen LogP contribution in [0.15, 0.2) is 48.5 Å². The lowest BCUT2D eigenvalue weighted by Gasteiger charge is -2.13. The molecule has 2 aliphatic rings. The van der Waals surface area contributed by atoms with Gasteiger partial charge >= 0.3 is 0 Å². The third kappa shape index (κ3) is 5.61. The van der Waals surface area contributed by atoms with Gasteiger partial charge in [0.15, 0.2) is 5.90 Å². The summed E-state index contributed by atoms with van der Waals surface area (Å²) >= 11 is 0. The number of nitrogens with zero attached hydrogens (tertiary/aromatic N) is 3. The molecular formula is C26H26N4O5. The fourth-order valence-corrected chi connectivity index (χ4v) is 3.84. The van der Waals surface area contributed by atoms with Crippen molar-refractivity contribution in [3.05, 3.63) is 70.8 Å².